The smallest absolute Gasteiger partial charge is 0.157 e. The molecule has 1 heterocycles. The fourth-order valence-electron chi connectivity index (χ4n) is 1.50. The average Bonchev–Trinajstić information content (AvgIpc) is 2.62. The van der Waals surface area contributed by atoms with Crippen molar-refractivity contribution in [2.75, 3.05) is 0 Å². The SMILES string of the molecule is CC(C)c1nn(-c2ccccc2)cc1O. The van der Waals surface area contributed by atoms with Gasteiger partial charge in [-0.05, 0) is 12.1 Å². The van der Waals surface area contributed by atoms with Crippen LogP contribution in [-0.2, 0) is 0 Å². The molecular formula is C12H14N2O. The van der Waals surface area contributed by atoms with Gasteiger partial charge in [0.1, 0.15) is 5.69 Å². The van der Waals surface area contributed by atoms with E-state index in [1.807, 2.05) is 44.2 Å². The van der Waals surface area contributed by atoms with Crippen LogP contribution in [0.1, 0.15) is 25.5 Å². The topological polar surface area (TPSA) is 38.0 Å². The van der Waals surface area contributed by atoms with Crippen LogP contribution < -0.4 is 0 Å². The first-order valence-corrected chi connectivity index (χ1v) is 5.02. The Morgan fingerprint density at radius 2 is 1.87 bits per heavy atom. The maximum Gasteiger partial charge on any atom is 0.157 e. The second-order valence-corrected chi connectivity index (χ2v) is 3.83. The summed E-state index contributed by atoms with van der Waals surface area (Å²) in [6.07, 6.45) is 1.64. The van der Waals surface area contributed by atoms with Gasteiger partial charge in [-0.1, -0.05) is 32.0 Å². The standard InChI is InChI=1S/C12H14N2O/c1-9(2)12-11(15)8-14(13-12)10-6-4-3-5-7-10/h3-9,15H,1-2H3. The second kappa shape index (κ2) is 3.77. The van der Waals surface area contributed by atoms with Crippen molar-refractivity contribution in [2.45, 2.75) is 19.8 Å². The van der Waals surface area contributed by atoms with Crippen LogP contribution in [-0.4, -0.2) is 14.9 Å². The summed E-state index contributed by atoms with van der Waals surface area (Å²) in [5.41, 5.74) is 1.69. The first-order valence-electron chi connectivity index (χ1n) is 5.02. The first-order chi connectivity index (χ1) is 7.18. The van der Waals surface area contributed by atoms with E-state index >= 15 is 0 Å². The van der Waals surface area contributed by atoms with Crippen molar-refractivity contribution in [2.24, 2.45) is 0 Å². The highest BCUT2D eigenvalue weighted by atomic mass is 16.3. The molecule has 1 N–H and O–H groups in total. The molecule has 15 heavy (non-hydrogen) atoms. The van der Waals surface area contributed by atoms with Crippen LogP contribution in [0.3, 0.4) is 0 Å². The van der Waals surface area contributed by atoms with E-state index in [1.165, 1.54) is 0 Å². The number of rotatable bonds is 2. The summed E-state index contributed by atoms with van der Waals surface area (Å²) in [6.45, 7) is 4.02. The molecule has 2 rings (SSSR count). The van der Waals surface area contributed by atoms with Gasteiger partial charge >= 0.3 is 0 Å². The predicted molar refractivity (Wildman–Crippen MR) is 59.3 cm³/mol. The molecule has 1 aromatic heterocycles. The fraction of sp³-hybridized carbons (Fsp3) is 0.250. The molecule has 3 heteroatoms. The van der Waals surface area contributed by atoms with Gasteiger partial charge in [0.15, 0.2) is 5.75 Å². The maximum absolute atomic E-state index is 9.68. The third kappa shape index (κ3) is 1.86. The van der Waals surface area contributed by atoms with Crippen LogP contribution in [0.25, 0.3) is 5.69 Å². The van der Waals surface area contributed by atoms with E-state index in [0.717, 1.165) is 11.4 Å². The van der Waals surface area contributed by atoms with Gasteiger partial charge in [0, 0.05) is 5.92 Å². The van der Waals surface area contributed by atoms with Crippen molar-refractivity contribution in [3.8, 4) is 11.4 Å². The zero-order valence-corrected chi connectivity index (χ0v) is 8.88. The molecule has 0 fully saturated rings. The molecule has 0 saturated carbocycles. The monoisotopic (exact) mass is 202 g/mol. The summed E-state index contributed by atoms with van der Waals surface area (Å²) < 4.78 is 1.70. The Labute approximate surface area is 89.0 Å². The van der Waals surface area contributed by atoms with Gasteiger partial charge in [-0.25, -0.2) is 4.68 Å². The van der Waals surface area contributed by atoms with Crippen molar-refractivity contribution in [1.82, 2.24) is 9.78 Å². The van der Waals surface area contributed by atoms with Crippen molar-refractivity contribution < 1.29 is 5.11 Å². The number of hydrogen-bond donors (Lipinski definition) is 1. The highest BCUT2D eigenvalue weighted by Crippen LogP contribution is 2.24. The van der Waals surface area contributed by atoms with Gasteiger partial charge in [0.2, 0.25) is 0 Å². The minimum absolute atomic E-state index is 0.231. The number of aromatic nitrogens is 2. The lowest BCUT2D eigenvalue weighted by Gasteiger charge is -2.00. The Hall–Kier alpha value is -1.77. The lowest BCUT2D eigenvalue weighted by Crippen LogP contribution is -1.96. The largest absolute Gasteiger partial charge is 0.504 e. The van der Waals surface area contributed by atoms with E-state index in [-0.39, 0.29) is 11.7 Å². The van der Waals surface area contributed by atoms with Crippen molar-refractivity contribution in [3.63, 3.8) is 0 Å². The van der Waals surface area contributed by atoms with Crippen molar-refractivity contribution in [1.29, 1.82) is 0 Å². The summed E-state index contributed by atoms with van der Waals surface area (Å²) in [6, 6.07) is 9.76. The van der Waals surface area contributed by atoms with E-state index in [9.17, 15) is 5.11 Å². The van der Waals surface area contributed by atoms with Crippen LogP contribution in [0, 0.1) is 0 Å². The summed E-state index contributed by atoms with van der Waals surface area (Å²) in [5.74, 6) is 0.490. The Bertz CT molecular complexity index is 446. The molecule has 0 radical (unpaired) electrons. The molecule has 0 saturated heterocycles. The van der Waals surface area contributed by atoms with Crippen LogP contribution in [0.5, 0.6) is 5.75 Å². The number of para-hydroxylation sites is 1. The molecule has 78 valence electrons. The summed E-state index contributed by atoms with van der Waals surface area (Å²) in [4.78, 5) is 0. The molecule has 0 amide bonds. The van der Waals surface area contributed by atoms with E-state index in [2.05, 4.69) is 5.10 Å². The molecule has 1 aromatic carbocycles. The number of aromatic hydroxyl groups is 1. The van der Waals surface area contributed by atoms with E-state index in [4.69, 9.17) is 0 Å². The van der Waals surface area contributed by atoms with Gasteiger partial charge < -0.3 is 5.11 Å². The minimum Gasteiger partial charge on any atom is -0.504 e. The normalized spacial score (nSPS) is 10.9. The molecule has 0 atom stereocenters. The fourth-order valence-corrected chi connectivity index (χ4v) is 1.50. The van der Waals surface area contributed by atoms with Gasteiger partial charge in [0.25, 0.3) is 0 Å². The number of hydrogen-bond acceptors (Lipinski definition) is 2. The Morgan fingerprint density at radius 1 is 1.20 bits per heavy atom. The molecule has 0 aliphatic heterocycles. The Balaban J connectivity index is 2.43. The van der Waals surface area contributed by atoms with E-state index in [1.54, 1.807) is 10.9 Å². The van der Waals surface area contributed by atoms with Gasteiger partial charge in [-0.3, -0.25) is 0 Å². The zero-order valence-electron chi connectivity index (χ0n) is 8.88. The molecule has 0 spiro atoms. The minimum atomic E-state index is 0.231. The van der Waals surface area contributed by atoms with Gasteiger partial charge in [0.05, 0.1) is 11.9 Å². The first kappa shape index (κ1) is 9.77. The molecule has 3 nitrogen and oxygen atoms in total. The summed E-state index contributed by atoms with van der Waals surface area (Å²) in [5, 5.41) is 14.0. The van der Waals surface area contributed by atoms with Crippen LogP contribution >= 0.6 is 0 Å². The maximum atomic E-state index is 9.68. The lowest BCUT2D eigenvalue weighted by molar-refractivity contribution is 0.464. The van der Waals surface area contributed by atoms with E-state index in [0.29, 0.717) is 0 Å². The van der Waals surface area contributed by atoms with Crippen molar-refractivity contribution >= 4 is 0 Å². The van der Waals surface area contributed by atoms with Crippen molar-refractivity contribution in [3.05, 3.63) is 42.2 Å². The van der Waals surface area contributed by atoms with E-state index < -0.39 is 0 Å². The van der Waals surface area contributed by atoms with Gasteiger partial charge in [-0.15, -0.1) is 0 Å². The summed E-state index contributed by atoms with van der Waals surface area (Å²) >= 11 is 0. The van der Waals surface area contributed by atoms with Crippen LogP contribution in [0.2, 0.25) is 0 Å². The highest BCUT2D eigenvalue weighted by Gasteiger charge is 2.11. The molecule has 2 aromatic rings. The molecule has 0 unspecified atom stereocenters. The number of nitrogens with zero attached hydrogens (tertiary/aromatic N) is 2. The Morgan fingerprint density at radius 3 is 2.40 bits per heavy atom. The predicted octanol–water partition coefficient (Wildman–Crippen LogP) is 2.70. The quantitative estimate of drug-likeness (QED) is 0.813. The third-order valence-corrected chi connectivity index (χ3v) is 2.29. The van der Waals surface area contributed by atoms with Crippen LogP contribution in [0.15, 0.2) is 36.5 Å². The lowest BCUT2D eigenvalue weighted by atomic mass is 10.1. The van der Waals surface area contributed by atoms with Gasteiger partial charge in [-0.2, -0.15) is 5.10 Å². The average molecular weight is 202 g/mol. The number of benzene rings is 1. The zero-order chi connectivity index (χ0) is 10.8. The molecule has 0 aliphatic rings. The van der Waals surface area contributed by atoms with Crippen LogP contribution in [0.4, 0.5) is 0 Å². The summed E-state index contributed by atoms with van der Waals surface area (Å²) in [7, 11) is 0. The molecular weight excluding hydrogens is 188 g/mol. The third-order valence-electron chi connectivity index (χ3n) is 2.29. The second-order valence-electron chi connectivity index (χ2n) is 3.83. The Kier molecular flexibility index (Phi) is 2.46. The molecule has 0 aliphatic carbocycles. The molecule has 0 bridgehead atoms. The highest BCUT2D eigenvalue weighted by molar-refractivity contribution is 5.35.